The maximum absolute atomic E-state index is 5.26. The van der Waals surface area contributed by atoms with Crippen LogP contribution in [0.2, 0.25) is 0 Å². The van der Waals surface area contributed by atoms with Crippen molar-refractivity contribution in [2.45, 2.75) is 0 Å². The molecule has 0 unspecified atom stereocenters. The molecule has 0 atom stereocenters. The molecule has 0 aliphatic carbocycles. The van der Waals surface area contributed by atoms with Gasteiger partial charge in [-0.25, -0.2) is 19.9 Å². The van der Waals surface area contributed by atoms with Crippen LogP contribution in [0.4, 0.5) is 0 Å². The number of pyridine rings is 1. The smallest absolute Gasteiger partial charge is 0.164 e. The van der Waals surface area contributed by atoms with Crippen molar-refractivity contribution in [2.24, 2.45) is 0 Å². The highest BCUT2D eigenvalue weighted by Crippen LogP contribution is 2.40. The van der Waals surface area contributed by atoms with Crippen LogP contribution < -0.4 is 0 Å². The maximum atomic E-state index is 5.26. The summed E-state index contributed by atoms with van der Waals surface area (Å²) in [4.78, 5) is 20.2. The Morgan fingerprint density at radius 1 is 0.250 bits per heavy atom. The highest BCUT2D eigenvalue weighted by Gasteiger charge is 2.17. The minimum atomic E-state index is 0.627. The van der Waals surface area contributed by atoms with Crippen molar-refractivity contribution in [1.82, 2.24) is 19.9 Å². The van der Waals surface area contributed by atoms with Gasteiger partial charge in [-0.05, 0) is 45.5 Å². The lowest BCUT2D eigenvalue weighted by molar-refractivity contribution is 1.07. The predicted molar refractivity (Wildman–Crippen MR) is 231 cm³/mol. The molecule has 0 bridgehead atoms. The monoisotopic (exact) mass is 714 g/mol. The molecule has 0 N–H and O–H groups in total. The number of benzene rings is 8. The molecule has 10 aromatic rings. The summed E-state index contributed by atoms with van der Waals surface area (Å²) < 4.78 is 0. The van der Waals surface area contributed by atoms with Crippen LogP contribution in [0.5, 0.6) is 0 Å². The van der Waals surface area contributed by atoms with Crippen molar-refractivity contribution >= 4 is 21.7 Å². The second-order valence-electron chi connectivity index (χ2n) is 13.8. The van der Waals surface area contributed by atoms with Gasteiger partial charge in [0.15, 0.2) is 17.5 Å². The van der Waals surface area contributed by atoms with Crippen molar-refractivity contribution in [3.05, 3.63) is 206 Å². The molecule has 0 saturated carbocycles. The van der Waals surface area contributed by atoms with E-state index in [0.717, 1.165) is 60.9 Å². The number of hydrogen-bond acceptors (Lipinski definition) is 4. The summed E-state index contributed by atoms with van der Waals surface area (Å²) in [6.45, 7) is 0. The van der Waals surface area contributed by atoms with Gasteiger partial charge in [0.25, 0.3) is 0 Å². The van der Waals surface area contributed by atoms with Gasteiger partial charge in [0.1, 0.15) is 0 Å². The van der Waals surface area contributed by atoms with Crippen LogP contribution in [-0.2, 0) is 0 Å². The quantitative estimate of drug-likeness (QED) is 0.154. The highest BCUT2D eigenvalue weighted by atomic mass is 15.0. The van der Waals surface area contributed by atoms with Crippen molar-refractivity contribution in [3.63, 3.8) is 0 Å². The molecule has 8 aromatic carbocycles. The van der Waals surface area contributed by atoms with Crippen molar-refractivity contribution < 1.29 is 0 Å². The van der Waals surface area contributed by atoms with Crippen LogP contribution >= 0.6 is 0 Å². The predicted octanol–water partition coefficient (Wildman–Crippen LogP) is 13.2. The second-order valence-corrected chi connectivity index (χ2v) is 13.8. The zero-order valence-electron chi connectivity index (χ0n) is 30.4. The molecular formula is C52H34N4. The van der Waals surface area contributed by atoms with Gasteiger partial charge in [-0.1, -0.05) is 194 Å². The summed E-state index contributed by atoms with van der Waals surface area (Å²) in [5, 5.41) is 3.45. The molecule has 0 fully saturated rings. The molecule has 0 saturated heterocycles. The molecule has 0 spiro atoms. The molecule has 4 heteroatoms. The van der Waals surface area contributed by atoms with Gasteiger partial charge in [-0.15, -0.1) is 0 Å². The number of aromatic nitrogens is 4. The van der Waals surface area contributed by atoms with Crippen molar-refractivity contribution in [3.8, 4) is 78.8 Å². The van der Waals surface area contributed by atoms with Gasteiger partial charge >= 0.3 is 0 Å². The molecule has 10 rings (SSSR count). The Morgan fingerprint density at radius 3 is 1.21 bits per heavy atom. The minimum Gasteiger partial charge on any atom is -0.247 e. The van der Waals surface area contributed by atoms with Gasteiger partial charge in [0.05, 0.1) is 11.2 Å². The molecule has 0 amide bonds. The normalized spacial score (nSPS) is 11.2. The third-order valence-corrected chi connectivity index (χ3v) is 10.3. The lowest BCUT2D eigenvalue weighted by atomic mass is 9.91. The van der Waals surface area contributed by atoms with Gasteiger partial charge in [-0.2, -0.15) is 0 Å². The average Bonchev–Trinajstić information content (AvgIpc) is 3.29. The standard InChI is InChI=1S/C52H34N4/c1-5-14-35(15-6-1)36-24-28-41(29-25-36)51-54-50(40-20-11-4-12-21-40)55-52(56-51)42-30-26-37(27-31-42)43-32-33-47-46(34-43)48-44(38-16-7-2-8-17-38)22-13-23-45(48)49(53-47)39-18-9-3-10-19-39/h1-34H. The van der Waals surface area contributed by atoms with E-state index in [2.05, 4.69) is 164 Å². The number of fused-ring (bicyclic) bond motifs is 3. The van der Waals surface area contributed by atoms with Crippen LogP contribution in [0.25, 0.3) is 100 Å². The van der Waals surface area contributed by atoms with E-state index in [1.165, 1.54) is 22.1 Å². The van der Waals surface area contributed by atoms with Crippen LogP contribution in [0.1, 0.15) is 0 Å². The summed E-state index contributed by atoms with van der Waals surface area (Å²) in [5.74, 6) is 1.90. The SMILES string of the molecule is c1ccc(-c2ccc(-c3nc(-c4ccccc4)nc(-c4ccc(-c5ccc6nc(-c7ccccc7)c7cccc(-c8ccccc8)c7c6c5)cc4)n3)cc2)cc1. The second kappa shape index (κ2) is 14.3. The summed E-state index contributed by atoms with van der Waals surface area (Å²) >= 11 is 0. The van der Waals surface area contributed by atoms with Gasteiger partial charge < -0.3 is 0 Å². The van der Waals surface area contributed by atoms with Crippen LogP contribution in [0.15, 0.2) is 206 Å². The molecule has 2 aromatic heterocycles. The van der Waals surface area contributed by atoms with Crippen molar-refractivity contribution in [1.29, 1.82) is 0 Å². The Balaban J connectivity index is 1.06. The summed E-state index contributed by atoms with van der Waals surface area (Å²) in [5.41, 5.74) is 12.7. The van der Waals surface area contributed by atoms with E-state index in [1.807, 2.05) is 42.5 Å². The number of rotatable bonds is 7. The average molecular weight is 715 g/mol. The molecule has 0 radical (unpaired) electrons. The minimum absolute atomic E-state index is 0.627. The van der Waals surface area contributed by atoms with Crippen LogP contribution in [-0.4, -0.2) is 19.9 Å². The fourth-order valence-electron chi connectivity index (χ4n) is 7.51. The van der Waals surface area contributed by atoms with E-state index >= 15 is 0 Å². The number of hydrogen-bond donors (Lipinski definition) is 0. The highest BCUT2D eigenvalue weighted by molar-refractivity contribution is 6.17. The summed E-state index contributed by atoms with van der Waals surface area (Å²) in [6.07, 6.45) is 0. The van der Waals surface area contributed by atoms with Crippen LogP contribution in [0, 0.1) is 0 Å². The third kappa shape index (κ3) is 6.29. The molecule has 4 nitrogen and oxygen atoms in total. The Kier molecular flexibility index (Phi) is 8.47. The first kappa shape index (κ1) is 33.0. The van der Waals surface area contributed by atoms with E-state index in [-0.39, 0.29) is 0 Å². The Hall–Kier alpha value is -7.56. The zero-order valence-corrected chi connectivity index (χ0v) is 30.4. The Morgan fingerprint density at radius 2 is 0.661 bits per heavy atom. The fraction of sp³-hybridized carbons (Fsp3) is 0. The lowest BCUT2D eigenvalue weighted by Gasteiger charge is -2.15. The van der Waals surface area contributed by atoms with E-state index in [9.17, 15) is 0 Å². The molecule has 56 heavy (non-hydrogen) atoms. The zero-order chi connectivity index (χ0) is 37.3. The first-order valence-electron chi connectivity index (χ1n) is 18.8. The molecule has 0 aliphatic rings. The molecule has 2 heterocycles. The third-order valence-electron chi connectivity index (χ3n) is 10.3. The Bertz CT molecular complexity index is 2970. The first-order chi connectivity index (χ1) is 27.7. The number of nitrogens with zero attached hydrogens (tertiary/aromatic N) is 4. The van der Waals surface area contributed by atoms with Gasteiger partial charge in [-0.3, -0.25) is 0 Å². The van der Waals surface area contributed by atoms with E-state index in [1.54, 1.807) is 0 Å². The molecular weight excluding hydrogens is 681 g/mol. The first-order valence-corrected chi connectivity index (χ1v) is 18.8. The lowest BCUT2D eigenvalue weighted by Crippen LogP contribution is -2.00. The summed E-state index contributed by atoms with van der Waals surface area (Å²) in [6, 6.07) is 71.7. The van der Waals surface area contributed by atoms with Gasteiger partial charge in [0.2, 0.25) is 0 Å². The molecule has 262 valence electrons. The molecule has 0 aliphatic heterocycles. The topological polar surface area (TPSA) is 51.6 Å². The van der Waals surface area contributed by atoms with E-state index in [4.69, 9.17) is 19.9 Å². The Labute approximate surface area is 325 Å². The van der Waals surface area contributed by atoms with Crippen molar-refractivity contribution in [2.75, 3.05) is 0 Å². The maximum Gasteiger partial charge on any atom is 0.164 e. The van der Waals surface area contributed by atoms with E-state index < -0.39 is 0 Å². The van der Waals surface area contributed by atoms with Crippen LogP contribution in [0.3, 0.4) is 0 Å². The fourth-order valence-corrected chi connectivity index (χ4v) is 7.51. The van der Waals surface area contributed by atoms with E-state index in [0.29, 0.717) is 17.5 Å². The summed E-state index contributed by atoms with van der Waals surface area (Å²) in [7, 11) is 0. The van der Waals surface area contributed by atoms with Gasteiger partial charge in [0, 0.05) is 38.4 Å². The largest absolute Gasteiger partial charge is 0.247 e.